The predicted molar refractivity (Wildman–Crippen MR) is 99.5 cm³/mol. The topological polar surface area (TPSA) is 119 Å². The van der Waals surface area contributed by atoms with Gasteiger partial charge >= 0.3 is 0 Å². The summed E-state index contributed by atoms with van der Waals surface area (Å²) < 4.78 is 8.24. The van der Waals surface area contributed by atoms with Crippen LogP contribution in [0.2, 0.25) is 0 Å². The maximum Gasteiger partial charge on any atom is 0.273 e. The Bertz CT molecular complexity index is 1200. The molecule has 1 fully saturated rings. The van der Waals surface area contributed by atoms with Gasteiger partial charge in [-0.1, -0.05) is 0 Å². The van der Waals surface area contributed by atoms with Crippen molar-refractivity contribution in [3.05, 3.63) is 46.8 Å². The smallest absolute Gasteiger partial charge is 0.273 e. The Hall–Kier alpha value is -3.60. The Balaban J connectivity index is 1.50. The van der Waals surface area contributed by atoms with Crippen LogP contribution in [-0.4, -0.2) is 65.9 Å². The summed E-state index contributed by atoms with van der Waals surface area (Å²) in [5.74, 6) is 1.11. The third kappa shape index (κ3) is 2.81. The van der Waals surface area contributed by atoms with Crippen LogP contribution in [-0.2, 0) is 4.74 Å². The molecule has 11 heteroatoms. The molecule has 1 saturated heterocycles. The predicted octanol–water partition coefficient (Wildman–Crippen LogP) is 0.205. The number of rotatable bonds is 3. The molecular formula is C17H17N9O2. The lowest BCUT2D eigenvalue weighted by Crippen LogP contribution is -2.37. The maximum absolute atomic E-state index is 12.5. The largest absolute Gasteiger partial charge is 0.378 e. The summed E-state index contributed by atoms with van der Waals surface area (Å²) in [6.45, 7) is 4.78. The molecule has 0 unspecified atom stereocenters. The van der Waals surface area contributed by atoms with Gasteiger partial charge in [-0.15, -0.1) is 15.3 Å². The van der Waals surface area contributed by atoms with Gasteiger partial charge in [-0.2, -0.15) is 9.20 Å². The van der Waals surface area contributed by atoms with Crippen molar-refractivity contribution in [2.75, 3.05) is 31.2 Å². The zero-order valence-electron chi connectivity index (χ0n) is 15.1. The Morgan fingerprint density at radius 1 is 1.21 bits per heavy atom. The molecule has 1 N–H and O–H groups in total. The van der Waals surface area contributed by atoms with Gasteiger partial charge in [0.15, 0.2) is 11.5 Å². The second-order valence-electron chi connectivity index (χ2n) is 6.44. The van der Waals surface area contributed by atoms with Crippen LogP contribution >= 0.6 is 0 Å². The number of nitrogens with one attached hydrogen (secondary N) is 1. The van der Waals surface area contributed by atoms with Crippen LogP contribution < -0.4 is 10.5 Å². The first-order valence-electron chi connectivity index (χ1n) is 8.85. The van der Waals surface area contributed by atoms with Crippen LogP contribution in [0.4, 0.5) is 5.95 Å². The number of hydrogen-bond acceptors (Lipinski definition) is 8. The number of fused-ring (bicyclic) bond motifs is 1. The SMILES string of the molecule is Cc1nc(N2CCOCC2)ncc1-c1cc(=O)n(-c2ccc3nncn3n2)[nH]1. The van der Waals surface area contributed by atoms with Crippen LogP contribution in [0.3, 0.4) is 0 Å². The lowest BCUT2D eigenvalue weighted by atomic mass is 10.2. The van der Waals surface area contributed by atoms with Gasteiger partial charge < -0.3 is 9.64 Å². The maximum atomic E-state index is 12.5. The van der Waals surface area contributed by atoms with E-state index in [1.165, 1.54) is 21.6 Å². The van der Waals surface area contributed by atoms with Gasteiger partial charge in [-0.25, -0.2) is 9.97 Å². The number of aromatic amines is 1. The molecule has 0 aromatic carbocycles. The van der Waals surface area contributed by atoms with Crippen LogP contribution in [0.1, 0.15) is 5.69 Å². The zero-order chi connectivity index (χ0) is 19.1. The molecule has 4 aromatic heterocycles. The number of nitrogens with zero attached hydrogens (tertiary/aromatic N) is 8. The molecule has 5 heterocycles. The fourth-order valence-electron chi connectivity index (χ4n) is 3.18. The summed E-state index contributed by atoms with van der Waals surface area (Å²) in [4.78, 5) is 23.7. The number of hydrogen-bond donors (Lipinski definition) is 1. The molecule has 4 aromatic rings. The third-order valence-electron chi connectivity index (χ3n) is 4.65. The molecule has 5 rings (SSSR count). The average Bonchev–Trinajstić information content (AvgIpc) is 3.34. The first-order chi connectivity index (χ1) is 13.7. The van der Waals surface area contributed by atoms with E-state index in [4.69, 9.17) is 4.74 Å². The number of morpholine rings is 1. The fraction of sp³-hybridized carbons (Fsp3) is 0.294. The first kappa shape index (κ1) is 16.6. The van der Waals surface area contributed by atoms with E-state index in [0.717, 1.165) is 24.3 Å². The van der Waals surface area contributed by atoms with E-state index in [2.05, 4.69) is 35.3 Å². The summed E-state index contributed by atoms with van der Waals surface area (Å²) >= 11 is 0. The van der Waals surface area contributed by atoms with E-state index in [0.29, 0.717) is 36.3 Å². The number of anilines is 1. The van der Waals surface area contributed by atoms with Crippen LogP contribution in [0.5, 0.6) is 0 Å². The van der Waals surface area contributed by atoms with Gasteiger partial charge in [-0.05, 0) is 19.1 Å². The number of H-pyrrole nitrogens is 1. The van der Waals surface area contributed by atoms with E-state index in [9.17, 15) is 4.79 Å². The van der Waals surface area contributed by atoms with Crippen molar-refractivity contribution < 1.29 is 4.74 Å². The van der Waals surface area contributed by atoms with Gasteiger partial charge in [0.2, 0.25) is 5.95 Å². The second-order valence-corrected chi connectivity index (χ2v) is 6.44. The number of aromatic nitrogens is 8. The number of aryl methyl sites for hydroxylation is 1. The molecule has 1 aliphatic heterocycles. The highest BCUT2D eigenvalue weighted by Crippen LogP contribution is 2.21. The van der Waals surface area contributed by atoms with E-state index in [-0.39, 0.29) is 5.56 Å². The highest BCUT2D eigenvalue weighted by Gasteiger charge is 2.17. The van der Waals surface area contributed by atoms with Crippen molar-refractivity contribution in [1.29, 1.82) is 0 Å². The molecule has 28 heavy (non-hydrogen) atoms. The molecule has 0 amide bonds. The lowest BCUT2D eigenvalue weighted by molar-refractivity contribution is 0.122. The van der Waals surface area contributed by atoms with Crippen molar-refractivity contribution in [3.63, 3.8) is 0 Å². The minimum Gasteiger partial charge on any atom is -0.378 e. The molecule has 0 atom stereocenters. The Morgan fingerprint density at radius 2 is 2.07 bits per heavy atom. The summed E-state index contributed by atoms with van der Waals surface area (Å²) in [5.41, 5.74) is 2.55. The quantitative estimate of drug-likeness (QED) is 0.536. The molecule has 0 saturated carbocycles. The zero-order valence-corrected chi connectivity index (χ0v) is 15.1. The molecular weight excluding hydrogens is 362 g/mol. The summed E-state index contributed by atoms with van der Waals surface area (Å²) in [6.07, 6.45) is 3.22. The van der Waals surface area contributed by atoms with Gasteiger partial charge in [-0.3, -0.25) is 9.89 Å². The molecule has 0 aliphatic carbocycles. The molecule has 11 nitrogen and oxygen atoms in total. The standard InChI is InChI=1S/C17H17N9O2/c1-11-12(9-18-17(20-11)24-4-6-28-7-5-24)13-8-16(27)26(22-13)15-3-2-14-21-19-10-25(14)23-15/h2-3,8-10,22H,4-7H2,1H3. The lowest BCUT2D eigenvalue weighted by Gasteiger charge is -2.27. The Labute approximate surface area is 158 Å². The molecule has 142 valence electrons. The molecule has 1 aliphatic rings. The minimum absolute atomic E-state index is 0.230. The second kappa shape index (κ2) is 6.53. The van der Waals surface area contributed by atoms with Gasteiger partial charge in [0.25, 0.3) is 5.56 Å². The van der Waals surface area contributed by atoms with Gasteiger partial charge in [0.05, 0.1) is 24.6 Å². The molecule has 0 radical (unpaired) electrons. The minimum atomic E-state index is -0.230. The van der Waals surface area contributed by atoms with E-state index in [1.54, 1.807) is 18.3 Å². The van der Waals surface area contributed by atoms with Crippen molar-refractivity contribution >= 4 is 11.6 Å². The average molecular weight is 379 g/mol. The third-order valence-corrected chi connectivity index (χ3v) is 4.65. The summed E-state index contributed by atoms with van der Waals surface area (Å²) in [5, 5.41) is 15.1. The van der Waals surface area contributed by atoms with Crippen LogP contribution in [0, 0.1) is 6.92 Å². The highest BCUT2D eigenvalue weighted by atomic mass is 16.5. The Morgan fingerprint density at radius 3 is 2.89 bits per heavy atom. The van der Waals surface area contributed by atoms with Crippen molar-refractivity contribution in [2.45, 2.75) is 6.92 Å². The monoisotopic (exact) mass is 379 g/mol. The fourth-order valence-corrected chi connectivity index (χ4v) is 3.18. The van der Waals surface area contributed by atoms with E-state index in [1.807, 2.05) is 6.92 Å². The van der Waals surface area contributed by atoms with E-state index >= 15 is 0 Å². The van der Waals surface area contributed by atoms with Gasteiger partial charge in [0, 0.05) is 30.9 Å². The number of ether oxygens (including phenoxy) is 1. The molecule has 0 bridgehead atoms. The van der Waals surface area contributed by atoms with Crippen molar-refractivity contribution in [3.8, 4) is 17.1 Å². The normalized spacial score (nSPS) is 14.7. The molecule has 0 spiro atoms. The summed E-state index contributed by atoms with van der Waals surface area (Å²) in [6, 6.07) is 4.96. The van der Waals surface area contributed by atoms with Crippen molar-refractivity contribution in [1.82, 2.24) is 39.6 Å². The van der Waals surface area contributed by atoms with E-state index < -0.39 is 0 Å². The highest BCUT2D eigenvalue weighted by molar-refractivity contribution is 5.61. The first-order valence-corrected chi connectivity index (χ1v) is 8.85. The summed E-state index contributed by atoms with van der Waals surface area (Å²) in [7, 11) is 0. The Kier molecular flexibility index (Phi) is 3.86. The van der Waals surface area contributed by atoms with Crippen LogP contribution in [0.25, 0.3) is 22.7 Å². The van der Waals surface area contributed by atoms with Gasteiger partial charge in [0.1, 0.15) is 6.33 Å². The van der Waals surface area contributed by atoms with Crippen molar-refractivity contribution in [2.24, 2.45) is 0 Å². The van der Waals surface area contributed by atoms with Crippen LogP contribution in [0.15, 0.2) is 35.5 Å².